The van der Waals surface area contributed by atoms with E-state index in [0.717, 1.165) is 75.1 Å². The summed E-state index contributed by atoms with van der Waals surface area (Å²) in [5, 5.41) is 19.4. The highest BCUT2D eigenvalue weighted by Gasteiger charge is 2.44. The molecule has 0 saturated carbocycles. The molecule has 4 atom stereocenters. The Labute approximate surface area is 247 Å². The van der Waals surface area contributed by atoms with Crippen molar-refractivity contribution in [2.45, 2.75) is 88.4 Å². The zero-order valence-corrected chi connectivity index (χ0v) is 24.5. The summed E-state index contributed by atoms with van der Waals surface area (Å²) in [7, 11) is 2.15. The number of nitriles is 1. The zero-order chi connectivity index (χ0) is 28.8. The zero-order valence-electron chi connectivity index (χ0n) is 24.5. The minimum Gasteiger partial charge on any atom is -0.465 e. The molecule has 5 aliphatic rings. The Hall–Kier alpha value is -3.58. The van der Waals surface area contributed by atoms with E-state index in [9.17, 15) is 15.2 Å². The van der Waals surface area contributed by atoms with Crippen LogP contribution in [0.3, 0.4) is 0 Å². The van der Waals surface area contributed by atoms with Crippen molar-refractivity contribution in [2.24, 2.45) is 0 Å². The summed E-state index contributed by atoms with van der Waals surface area (Å²) in [6, 6.07) is 9.84. The predicted molar refractivity (Wildman–Crippen MR) is 159 cm³/mol. The Morgan fingerprint density at radius 3 is 2.64 bits per heavy atom. The molecule has 3 saturated heterocycles. The van der Waals surface area contributed by atoms with Gasteiger partial charge in [0, 0.05) is 43.3 Å². The fraction of sp³-hybridized carbons (Fsp3) is 0.625. The number of fused-ring (bicyclic) bond motifs is 4. The quantitative estimate of drug-likeness (QED) is 0.546. The first kappa shape index (κ1) is 27.3. The lowest BCUT2D eigenvalue weighted by atomic mass is 9.80. The number of aromatic nitrogens is 2. The molecule has 10 nitrogen and oxygen atoms in total. The Morgan fingerprint density at radius 1 is 1.07 bits per heavy atom. The molecule has 0 radical (unpaired) electrons. The predicted octanol–water partition coefficient (Wildman–Crippen LogP) is 4.18. The van der Waals surface area contributed by atoms with Crippen LogP contribution in [-0.4, -0.2) is 88.9 Å². The molecule has 1 amide bonds. The Kier molecular flexibility index (Phi) is 7.30. The van der Waals surface area contributed by atoms with Crippen LogP contribution >= 0.6 is 0 Å². The normalized spacial score (nSPS) is 27.0. The number of nitrogens with zero attached hydrogens (tertiary/aromatic N) is 7. The van der Waals surface area contributed by atoms with Gasteiger partial charge in [0.15, 0.2) is 0 Å². The average molecular weight is 572 g/mol. The number of carbonyl (C=O) groups is 1. The van der Waals surface area contributed by atoms with Gasteiger partial charge in [-0.1, -0.05) is 12.1 Å². The van der Waals surface area contributed by atoms with Crippen molar-refractivity contribution < 1.29 is 14.6 Å². The molecule has 4 aliphatic heterocycles. The molecule has 7 rings (SSSR count). The highest BCUT2D eigenvalue weighted by atomic mass is 16.5. The fourth-order valence-electron chi connectivity index (χ4n) is 8.23. The third-order valence-electron chi connectivity index (χ3n) is 10.4. The number of anilines is 2. The summed E-state index contributed by atoms with van der Waals surface area (Å²) in [5.74, 6) is 1.20. The molecule has 5 heterocycles. The van der Waals surface area contributed by atoms with E-state index in [1.165, 1.54) is 23.2 Å². The molecule has 222 valence electrons. The second-order valence-electron chi connectivity index (χ2n) is 12.8. The summed E-state index contributed by atoms with van der Waals surface area (Å²) in [6.07, 6.45) is 7.92. The van der Waals surface area contributed by atoms with E-state index in [0.29, 0.717) is 44.7 Å². The minimum absolute atomic E-state index is 0.00336. The summed E-state index contributed by atoms with van der Waals surface area (Å²) in [6.45, 7) is 4.49. The van der Waals surface area contributed by atoms with Gasteiger partial charge in [-0.15, -0.1) is 0 Å². The second kappa shape index (κ2) is 11.3. The first-order valence-electron chi connectivity index (χ1n) is 15.7. The van der Waals surface area contributed by atoms with Gasteiger partial charge < -0.3 is 24.5 Å². The number of likely N-dealkylation sites (N-methyl/N-ethyl adjacent to an activating group) is 1. The molecule has 1 unspecified atom stereocenters. The third-order valence-corrected chi connectivity index (χ3v) is 10.4. The first-order chi connectivity index (χ1) is 20.5. The maximum Gasteiger partial charge on any atom is 0.407 e. The molecule has 3 fully saturated rings. The number of carboxylic acid groups (broad SMARTS) is 1. The smallest absolute Gasteiger partial charge is 0.407 e. The summed E-state index contributed by atoms with van der Waals surface area (Å²) < 4.78 is 6.32. The van der Waals surface area contributed by atoms with E-state index >= 15 is 0 Å². The van der Waals surface area contributed by atoms with Gasteiger partial charge in [0.25, 0.3) is 0 Å². The van der Waals surface area contributed by atoms with Crippen LogP contribution in [0.15, 0.2) is 18.2 Å². The van der Waals surface area contributed by atoms with Crippen molar-refractivity contribution in [3.8, 4) is 12.1 Å². The monoisotopic (exact) mass is 571 g/mol. The Balaban J connectivity index is 1.21. The van der Waals surface area contributed by atoms with Crippen LogP contribution < -0.4 is 14.5 Å². The highest BCUT2D eigenvalue weighted by Crippen LogP contribution is 2.42. The molecule has 1 aromatic heterocycles. The topological polar surface area (TPSA) is 109 Å². The van der Waals surface area contributed by atoms with Crippen molar-refractivity contribution in [2.75, 3.05) is 49.6 Å². The first-order valence-corrected chi connectivity index (χ1v) is 15.7. The largest absolute Gasteiger partial charge is 0.465 e. The lowest BCUT2D eigenvalue weighted by molar-refractivity contribution is 0.114. The van der Waals surface area contributed by atoms with Crippen LogP contribution in [0.2, 0.25) is 0 Å². The number of hydrogen-bond acceptors (Lipinski definition) is 8. The number of ether oxygens (including phenoxy) is 1. The maximum atomic E-state index is 12.0. The van der Waals surface area contributed by atoms with Gasteiger partial charge in [0.2, 0.25) is 0 Å². The number of likely N-dealkylation sites (tertiary alicyclic amines) is 1. The van der Waals surface area contributed by atoms with E-state index in [1.807, 2.05) is 0 Å². The van der Waals surface area contributed by atoms with Gasteiger partial charge in [-0.25, -0.2) is 4.79 Å². The molecule has 10 heteroatoms. The number of hydrogen-bond donors (Lipinski definition) is 1. The fourth-order valence-corrected chi connectivity index (χ4v) is 8.23. The Bertz CT molecular complexity index is 1380. The standard InChI is InChI=1S/C32H41N7O3/c1-36-15-4-8-25(36)20-42-31-34-27-19-37(28-9-3-7-21-5-2-6-22(12-14-33)29(21)28)16-13-26(27)30(35-31)38-17-23-10-11-24(18-38)39(23)32(40)41/h3,7,9,22-25H,2,4-6,8,10-13,15-20H2,1H3,(H,40,41)/t22?,23-,24+,25-/m0/s1. The Morgan fingerprint density at radius 2 is 1.90 bits per heavy atom. The SMILES string of the molecule is CN1CCC[C@H]1COc1nc2c(c(N3C[C@H]4CC[C@@H](C3)N4C(=O)O)n1)CCN(c1cccc3c1C(CC#N)CCC3)C2. The van der Waals surface area contributed by atoms with Crippen LogP contribution in [0, 0.1) is 11.3 Å². The molecule has 0 spiro atoms. The average Bonchev–Trinajstić information content (AvgIpc) is 3.53. The molecular formula is C32H41N7O3. The number of benzene rings is 1. The number of rotatable bonds is 6. The van der Waals surface area contributed by atoms with Gasteiger partial charge in [-0.3, -0.25) is 4.90 Å². The second-order valence-corrected chi connectivity index (χ2v) is 12.8. The molecule has 1 aliphatic carbocycles. The maximum absolute atomic E-state index is 12.0. The van der Waals surface area contributed by atoms with Crippen molar-refractivity contribution in [1.29, 1.82) is 5.26 Å². The van der Waals surface area contributed by atoms with E-state index in [1.54, 1.807) is 4.90 Å². The van der Waals surface area contributed by atoms with E-state index in [2.05, 4.69) is 46.0 Å². The van der Waals surface area contributed by atoms with Gasteiger partial charge >= 0.3 is 12.1 Å². The lowest BCUT2D eigenvalue weighted by Gasteiger charge is -2.42. The summed E-state index contributed by atoms with van der Waals surface area (Å²) in [5.41, 5.74) is 6.13. The van der Waals surface area contributed by atoms with Gasteiger partial charge in [0.05, 0.1) is 30.4 Å². The summed E-state index contributed by atoms with van der Waals surface area (Å²) in [4.78, 5) is 30.7. The van der Waals surface area contributed by atoms with Gasteiger partial charge in [-0.2, -0.15) is 15.2 Å². The van der Waals surface area contributed by atoms with Crippen molar-refractivity contribution >= 4 is 17.6 Å². The van der Waals surface area contributed by atoms with Crippen LogP contribution in [0.1, 0.15) is 73.2 Å². The van der Waals surface area contributed by atoms with Crippen molar-refractivity contribution in [3.63, 3.8) is 0 Å². The third kappa shape index (κ3) is 4.91. The lowest BCUT2D eigenvalue weighted by Crippen LogP contribution is -2.56. The minimum atomic E-state index is -0.812. The van der Waals surface area contributed by atoms with Crippen LogP contribution in [0.4, 0.5) is 16.3 Å². The van der Waals surface area contributed by atoms with E-state index in [-0.39, 0.29) is 18.0 Å². The van der Waals surface area contributed by atoms with Gasteiger partial charge in [-0.05, 0) is 88.1 Å². The molecule has 1 N–H and O–H groups in total. The van der Waals surface area contributed by atoms with Crippen LogP contribution in [0.5, 0.6) is 6.01 Å². The molecule has 42 heavy (non-hydrogen) atoms. The summed E-state index contributed by atoms with van der Waals surface area (Å²) >= 11 is 0. The van der Waals surface area contributed by atoms with Gasteiger partial charge in [0.1, 0.15) is 12.4 Å². The highest BCUT2D eigenvalue weighted by molar-refractivity contribution is 5.68. The molecular weight excluding hydrogens is 530 g/mol. The van der Waals surface area contributed by atoms with Crippen LogP contribution in [0.25, 0.3) is 0 Å². The molecule has 1 aromatic carbocycles. The number of piperazine rings is 1. The number of aryl methyl sites for hydroxylation is 1. The van der Waals surface area contributed by atoms with Crippen molar-refractivity contribution in [1.82, 2.24) is 19.8 Å². The van der Waals surface area contributed by atoms with E-state index in [4.69, 9.17) is 14.7 Å². The molecule has 2 bridgehead atoms. The molecule has 2 aromatic rings. The van der Waals surface area contributed by atoms with E-state index < -0.39 is 6.09 Å². The van der Waals surface area contributed by atoms with Crippen molar-refractivity contribution in [3.05, 3.63) is 40.6 Å². The number of amides is 1. The van der Waals surface area contributed by atoms with Crippen LogP contribution in [-0.2, 0) is 19.4 Å².